The number of carbonyl (C=O) groups excluding carboxylic acids is 1. The summed E-state index contributed by atoms with van der Waals surface area (Å²) in [5.41, 5.74) is 1.58. The Morgan fingerprint density at radius 3 is 2.78 bits per heavy atom. The summed E-state index contributed by atoms with van der Waals surface area (Å²) in [7, 11) is 3.80. The molecule has 1 amide bonds. The van der Waals surface area contributed by atoms with Crippen LogP contribution in [0.2, 0.25) is 5.02 Å². The third-order valence-electron chi connectivity index (χ3n) is 2.84. The first-order chi connectivity index (χ1) is 8.58. The number of amides is 1. The fourth-order valence-electron chi connectivity index (χ4n) is 1.79. The lowest BCUT2D eigenvalue weighted by molar-refractivity contribution is -0.115. The predicted molar refractivity (Wildman–Crippen MR) is 75.4 cm³/mol. The lowest BCUT2D eigenvalue weighted by atomic mass is 10.2. The van der Waals surface area contributed by atoms with Crippen molar-refractivity contribution in [1.82, 2.24) is 5.32 Å². The van der Waals surface area contributed by atoms with Gasteiger partial charge in [-0.15, -0.1) is 0 Å². The SMILES string of the molecule is CN(C)c1c(Cl)cccc1NC(=O)CNC1CC1. The second kappa shape index (κ2) is 5.59. The summed E-state index contributed by atoms with van der Waals surface area (Å²) in [6.45, 7) is 0.351. The molecule has 2 N–H and O–H groups in total. The molecule has 0 atom stereocenters. The van der Waals surface area contributed by atoms with Crippen molar-refractivity contribution in [2.75, 3.05) is 30.9 Å². The maximum Gasteiger partial charge on any atom is 0.238 e. The van der Waals surface area contributed by atoms with Crippen molar-refractivity contribution in [2.24, 2.45) is 0 Å². The molecule has 4 nitrogen and oxygen atoms in total. The molecule has 0 radical (unpaired) electrons. The molecule has 0 spiro atoms. The highest BCUT2D eigenvalue weighted by Gasteiger charge is 2.21. The molecular weight excluding hydrogens is 250 g/mol. The smallest absolute Gasteiger partial charge is 0.238 e. The molecule has 1 aliphatic carbocycles. The zero-order valence-corrected chi connectivity index (χ0v) is 11.4. The van der Waals surface area contributed by atoms with E-state index in [-0.39, 0.29) is 5.91 Å². The Morgan fingerprint density at radius 2 is 2.17 bits per heavy atom. The van der Waals surface area contributed by atoms with Gasteiger partial charge in [-0.05, 0) is 25.0 Å². The Kier molecular flexibility index (Phi) is 4.09. The van der Waals surface area contributed by atoms with Crippen LogP contribution in [-0.4, -0.2) is 32.6 Å². The number of halogens is 1. The van der Waals surface area contributed by atoms with Crippen LogP contribution in [0.15, 0.2) is 18.2 Å². The van der Waals surface area contributed by atoms with E-state index >= 15 is 0 Å². The number of rotatable bonds is 5. The molecule has 0 saturated heterocycles. The molecule has 1 aliphatic rings. The van der Waals surface area contributed by atoms with E-state index in [0.717, 1.165) is 11.4 Å². The second-order valence-corrected chi connectivity index (χ2v) is 5.14. The minimum Gasteiger partial charge on any atom is -0.375 e. The van der Waals surface area contributed by atoms with E-state index in [1.165, 1.54) is 12.8 Å². The minimum absolute atomic E-state index is 0.0349. The molecule has 0 aromatic heterocycles. The highest BCUT2D eigenvalue weighted by molar-refractivity contribution is 6.34. The summed E-state index contributed by atoms with van der Waals surface area (Å²) < 4.78 is 0. The summed E-state index contributed by atoms with van der Waals surface area (Å²) in [6.07, 6.45) is 2.35. The summed E-state index contributed by atoms with van der Waals surface area (Å²) in [5.74, 6) is -0.0349. The number of hydrogen-bond acceptors (Lipinski definition) is 3. The van der Waals surface area contributed by atoms with Crippen molar-refractivity contribution in [3.8, 4) is 0 Å². The van der Waals surface area contributed by atoms with Gasteiger partial charge in [-0.2, -0.15) is 0 Å². The van der Waals surface area contributed by atoms with Gasteiger partial charge in [0.05, 0.1) is 22.9 Å². The molecule has 0 heterocycles. The van der Waals surface area contributed by atoms with Gasteiger partial charge in [0, 0.05) is 20.1 Å². The van der Waals surface area contributed by atoms with Crippen molar-refractivity contribution < 1.29 is 4.79 Å². The van der Waals surface area contributed by atoms with Crippen LogP contribution in [0.4, 0.5) is 11.4 Å². The van der Waals surface area contributed by atoms with Crippen LogP contribution in [-0.2, 0) is 4.79 Å². The van der Waals surface area contributed by atoms with E-state index < -0.39 is 0 Å². The van der Waals surface area contributed by atoms with Crippen LogP contribution < -0.4 is 15.5 Å². The number of benzene rings is 1. The number of hydrogen-bond donors (Lipinski definition) is 2. The maximum absolute atomic E-state index is 11.8. The second-order valence-electron chi connectivity index (χ2n) is 4.73. The Morgan fingerprint density at radius 1 is 1.44 bits per heavy atom. The molecule has 0 unspecified atom stereocenters. The number of anilines is 2. The summed E-state index contributed by atoms with van der Waals surface area (Å²) in [6, 6.07) is 6.04. The topological polar surface area (TPSA) is 44.4 Å². The Bertz CT molecular complexity index is 444. The van der Waals surface area contributed by atoms with E-state index in [4.69, 9.17) is 11.6 Å². The van der Waals surface area contributed by atoms with Gasteiger partial charge in [0.15, 0.2) is 0 Å². The predicted octanol–water partition coefficient (Wildman–Crippen LogP) is 2.10. The molecule has 0 bridgehead atoms. The van der Waals surface area contributed by atoms with Crippen molar-refractivity contribution in [1.29, 1.82) is 0 Å². The van der Waals surface area contributed by atoms with Crippen molar-refractivity contribution in [2.45, 2.75) is 18.9 Å². The molecule has 2 rings (SSSR count). The van der Waals surface area contributed by atoms with E-state index in [9.17, 15) is 4.79 Å². The van der Waals surface area contributed by atoms with Gasteiger partial charge < -0.3 is 15.5 Å². The van der Waals surface area contributed by atoms with Crippen molar-refractivity contribution in [3.63, 3.8) is 0 Å². The molecule has 18 heavy (non-hydrogen) atoms. The molecule has 1 saturated carbocycles. The van der Waals surface area contributed by atoms with E-state index in [1.807, 2.05) is 37.2 Å². The standard InChI is InChI=1S/C13H18ClN3O/c1-17(2)13-10(14)4-3-5-11(13)16-12(18)8-15-9-6-7-9/h3-5,9,15H,6-8H2,1-2H3,(H,16,18). The van der Waals surface area contributed by atoms with Crippen molar-refractivity contribution in [3.05, 3.63) is 23.2 Å². The fourth-order valence-corrected chi connectivity index (χ4v) is 2.13. The molecular formula is C13H18ClN3O. The zero-order valence-electron chi connectivity index (χ0n) is 10.7. The van der Waals surface area contributed by atoms with Crippen LogP contribution in [0, 0.1) is 0 Å². The molecule has 0 aliphatic heterocycles. The lowest BCUT2D eigenvalue weighted by Gasteiger charge is -2.19. The molecule has 1 aromatic rings. The maximum atomic E-state index is 11.8. The summed E-state index contributed by atoms with van der Waals surface area (Å²) in [5, 5.41) is 6.70. The van der Waals surface area contributed by atoms with Gasteiger partial charge in [-0.25, -0.2) is 0 Å². The van der Waals surface area contributed by atoms with Crippen molar-refractivity contribution >= 4 is 28.9 Å². The van der Waals surface area contributed by atoms with Crippen LogP contribution in [0.1, 0.15) is 12.8 Å². The monoisotopic (exact) mass is 267 g/mol. The van der Waals surface area contributed by atoms with Crippen LogP contribution in [0.3, 0.4) is 0 Å². The Hall–Kier alpha value is -1.26. The molecule has 98 valence electrons. The van der Waals surface area contributed by atoms with E-state index in [1.54, 1.807) is 0 Å². The third kappa shape index (κ3) is 3.37. The highest BCUT2D eigenvalue weighted by atomic mass is 35.5. The largest absolute Gasteiger partial charge is 0.375 e. The Balaban J connectivity index is 2.02. The van der Waals surface area contributed by atoms with Crippen LogP contribution in [0.25, 0.3) is 0 Å². The number of carbonyl (C=O) groups is 1. The average molecular weight is 268 g/mol. The molecule has 1 fully saturated rings. The van der Waals surface area contributed by atoms with Crippen LogP contribution in [0.5, 0.6) is 0 Å². The summed E-state index contributed by atoms with van der Waals surface area (Å²) >= 11 is 6.14. The van der Waals surface area contributed by atoms with E-state index in [2.05, 4.69) is 10.6 Å². The van der Waals surface area contributed by atoms with Gasteiger partial charge >= 0.3 is 0 Å². The minimum atomic E-state index is -0.0349. The van der Waals surface area contributed by atoms with Crippen LogP contribution >= 0.6 is 11.6 Å². The van der Waals surface area contributed by atoms with E-state index in [0.29, 0.717) is 17.6 Å². The molecule has 5 heteroatoms. The quantitative estimate of drug-likeness (QED) is 0.859. The highest BCUT2D eigenvalue weighted by Crippen LogP contribution is 2.32. The normalized spacial score (nSPS) is 14.4. The lowest BCUT2D eigenvalue weighted by Crippen LogP contribution is -2.30. The van der Waals surface area contributed by atoms with Gasteiger partial charge in [-0.1, -0.05) is 17.7 Å². The number of nitrogens with zero attached hydrogens (tertiary/aromatic N) is 1. The zero-order chi connectivity index (χ0) is 13.1. The first-order valence-corrected chi connectivity index (χ1v) is 6.45. The third-order valence-corrected chi connectivity index (χ3v) is 3.14. The summed E-state index contributed by atoms with van der Waals surface area (Å²) in [4.78, 5) is 13.7. The first kappa shape index (κ1) is 13.2. The number of nitrogens with one attached hydrogen (secondary N) is 2. The van der Waals surface area contributed by atoms with Gasteiger partial charge in [0.25, 0.3) is 0 Å². The number of para-hydroxylation sites is 1. The average Bonchev–Trinajstić information content (AvgIpc) is 3.09. The molecule has 1 aromatic carbocycles. The first-order valence-electron chi connectivity index (χ1n) is 6.07. The van der Waals surface area contributed by atoms with Gasteiger partial charge in [0.2, 0.25) is 5.91 Å². The Labute approximate surface area is 112 Å². The van der Waals surface area contributed by atoms with Gasteiger partial charge in [-0.3, -0.25) is 4.79 Å². The van der Waals surface area contributed by atoms with Gasteiger partial charge in [0.1, 0.15) is 0 Å². The fraction of sp³-hybridized carbons (Fsp3) is 0.462.